The highest BCUT2D eigenvalue weighted by atomic mass is 35.5. The molecule has 12 heteroatoms. The van der Waals surface area contributed by atoms with Gasteiger partial charge in [-0.15, -0.1) is 4.36 Å². The van der Waals surface area contributed by atoms with Crippen molar-refractivity contribution in [3.8, 4) is 5.75 Å². The Kier molecular flexibility index (Phi) is 10.2. The molecular formula is C39H46ClN5O5S. The number of nitrogens with zero attached hydrogens (tertiary/aromatic N) is 3. The highest BCUT2D eigenvalue weighted by Crippen LogP contribution is 2.47. The second-order valence-electron chi connectivity index (χ2n) is 14.7. The second-order valence-corrected chi connectivity index (χ2v) is 17.1. The van der Waals surface area contributed by atoms with Crippen molar-refractivity contribution in [1.82, 2.24) is 9.71 Å². The molecule has 2 aromatic carbocycles. The molecule has 3 amide bonds. The Labute approximate surface area is 305 Å². The van der Waals surface area contributed by atoms with Gasteiger partial charge in [0, 0.05) is 53.8 Å². The van der Waals surface area contributed by atoms with Gasteiger partial charge in [-0.05, 0) is 117 Å². The predicted octanol–water partition coefficient (Wildman–Crippen LogP) is 7.50. The number of fused-ring (bicyclic) bond motifs is 4. The minimum atomic E-state index is -3.55. The van der Waals surface area contributed by atoms with E-state index in [9.17, 15) is 13.8 Å². The van der Waals surface area contributed by atoms with Crippen molar-refractivity contribution >= 4 is 44.8 Å². The molecule has 10 nitrogen and oxygen atoms in total. The normalized spacial score (nSPS) is 29.6. The Morgan fingerprint density at radius 3 is 2.80 bits per heavy atom. The molecule has 270 valence electrons. The van der Waals surface area contributed by atoms with Crippen molar-refractivity contribution in [3.05, 3.63) is 94.3 Å². The average molecular weight is 732 g/mol. The molecule has 3 aromatic rings. The van der Waals surface area contributed by atoms with E-state index in [0.717, 1.165) is 49.4 Å². The zero-order chi connectivity index (χ0) is 35.8. The van der Waals surface area contributed by atoms with Crippen molar-refractivity contribution in [2.24, 2.45) is 22.1 Å². The van der Waals surface area contributed by atoms with Gasteiger partial charge in [0.05, 0.1) is 24.2 Å². The van der Waals surface area contributed by atoms with Crippen LogP contribution in [-0.2, 0) is 26.5 Å². The molecule has 3 heterocycles. The number of rotatable bonds is 3. The smallest absolute Gasteiger partial charge is 0.331 e. The third-order valence-electron chi connectivity index (χ3n) is 10.9. The maximum absolute atomic E-state index is 14.5. The highest BCUT2D eigenvalue weighted by molar-refractivity contribution is 7.92. The zero-order valence-electron chi connectivity index (χ0n) is 29.4. The van der Waals surface area contributed by atoms with Gasteiger partial charge in [-0.25, -0.2) is 13.7 Å². The number of allylic oxidation sites excluding steroid dienone is 1. The number of urea groups is 1. The summed E-state index contributed by atoms with van der Waals surface area (Å²) in [5.41, 5.74) is 4.58. The van der Waals surface area contributed by atoms with Gasteiger partial charge in [0.15, 0.2) is 0 Å². The lowest BCUT2D eigenvalue weighted by Gasteiger charge is -2.46. The Bertz CT molecular complexity index is 1980. The van der Waals surface area contributed by atoms with Gasteiger partial charge in [0.2, 0.25) is 0 Å². The number of carbonyl (C=O) groups is 2. The molecule has 1 saturated carbocycles. The van der Waals surface area contributed by atoms with E-state index >= 15 is 0 Å². The van der Waals surface area contributed by atoms with Gasteiger partial charge in [0.1, 0.15) is 15.7 Å². The number of aryl methyl sites for hydroxylation is 2. The average Bonchev–Trinajstić information content (AvgIpc) is 3.22. The van der Waals surface area contributed by atoms with E-state index in [2.05, 4.69) is 48.6 Å². The number of methoxy groups -OCH3 is 1. The van der Waals surface area contributed by atoms with Gasteiger partial charge < -0.3 is 19.7 Å². The summed E-state index contributed by atoms with van der Waals surface area (Å²) in [7, 11) is -1.78. The predicted molar refractivity (Wildman–Crippen MR) is 201 cm³/mol. The van der Waals surface area contributed by atoms with Crippen LogP contribution in [0.25, 0.3) is 0 Å². The van der Waals surface area contributed by atoms with Gasteiger partial charge in [-0.2, -0.15) is 0 Å². The van der Waals surface area contributed by atoms with Gasteiger partial charge in [0.25, 0.3) is 5.91 Å². The minimum absolute atomic E-state index is 0.0122. The molecule has 2 N–H and O–H groups in total. The topological polar surface area (TPSA) is 122 Å². The number of carbonyl (C=O) groups excluding carboxylic acids is 2. The number of nitrogens with one attached hydrogen (secondary N) is 2. The molecule has 0 unspecified atom stereocenters. The molecule has 1 aromatic heterocycles. The molecule has 7 rings (SSSR count). The first-order valence-corrected chi connectivity index (χ1v) is 19.9. The SMILES string of the molecule is CO[C@H]1/C=C/C[C@H](C)C[S@@](=O)(NC(=O)Nc2ccnc(C)c2)=NC(=O)c2ccc3c(c2)N(C[C@@H]2CC[C@H]21)C[C@@]1(CCCc2cc(Cl)ccc21)CO3. The molecular weight excluding hydrogens is 686 g/mol. The van der Waals surface area contributed by atoms with Crippen molar-refractivity contribution in [2.75, 3.05) is 42.8 Å². The number of benzene rings is 2. The Hall–Kier alpha value is -3.93. The van der Waals surface area contributed by atoms with Crippen LogP contribution in [0.1, 0.15) is 66.2 Å². The van der Waals surface area contributed by atoms with E-state index in [1.54, 1.807) is 31.5 Å². The van der Waals surface area contributed by atoms with Crippen LogP contribution in [-0.4, -0.2) is 59.8 Å². The third kappa shape index (κ3) is 7.66. The number of halogens is 1. The van der Waals surface area contributed by atoms with Crippen LogP contribution in [0, 0.1) is 24.7 Å². The van der Waals surface area contributed by atoms with Gasteiger partial charge in [-0.1, -0.05) is 36.7 Å². The van der Waals surface area contributed by atoms with E-state index < -0.39 is 21.9 Å². The first kappa shape index (κ1) is 35.5. The number of aromatic nitrogens is 1. The molecule has 1 fully saturated rings. The van der Waals surface area contributed by atoms with Crippen molar-refractivity contribution in [1.29, 1.82) is 0 Å². The van der Waals surface area contributed by atoms with Crippen LogP contribution in [0.3, 0.4) is 0 Å². The maximum Gasteiger partial charge on any atom is 0.331 e. The van der Waals surface area contributed by atoms with Gasteiger partial charge >= 0.3 is 6.03 Å². The third-order valence-corrected chi connectivity index (χ3v) is 13.1. The van der Waals surface area contributed by atoms with Crippen LogP contribution in [0.5, 0.6) is 5.75 Å². The largest absolute Gasteiger partial charge is 0.490 e. The minimum Gasteiger partial charge on any atom is -0.490 e. The fraction of sp³-hybridized carbons (Fsp3) is 0.462. The summed E-state index contributed by atoms with van der Waals surface area (Å²) in [6, 6.07) is 14.2. The molecule has 6 atom stereocenters. The fourth-order valence-electron chi connectivity index (χ4n) is 8.29. The van der Waals surface area contributed by atoms with Crippen LogP contribution in [0.15, 0.2) is 71.2 Å². The lowest BCUT2D eigenvalue weighted by atomic mass is 9.68. The summed E-state index contributed by atoms with van der Waals surface area (Å²) in [4.78, 5) is 33.7. The number of hydrogen-bond donors (Lipinski definition) is 2. The lowest BCUT2D eigenvalue weighted by molar-refractivity contribution is 0.0131. The van der Waals surface area contributed by atoms with Crippen LogP contribution in [0.4, 0.5) is 16.2 Å². The van der Waals surface area contributed by atoms with Crippen LogP contribution in [0.2, 0.25) is 5.02 Å². The monoisotopic (exact) mass is 731 g/mol. The standard InChI is InChI=1S/C39H46ClN5O5S/c1-25-6-4-8-35(49-3)32-12-9-29(32)21-45-23-39(16-5-7-27-19-30(40)11-13-33(27)39)24-50-36-14-10-28(20-34(36)45)37(46)43-51(48,22-25)44-38(47)42-31-15-17-41-26(2)18-31/h4,8,10-11,13-15,17-20,25,29,32,35H,5-7,9,12,16,21-24H2,1-3H3,(H2,41,42,43,44,46,47,48)/b8-4+/t25-,29-,32+,35-,39-,51-/m0/s1. The first-order chi connectivity index (χ1) is 24.5. The van der Waals surface area contributed by atoms with E-state index in [-0.39, 0.29) is 28.8 Å². The zero-order valence-corrected chi connectivity index (χ0v) is 31.0. The summed E-state index contributed by atoms with van der Waals surface area (Å²) < 4.78 is 34.0. The first-order valence-electron chi connectivity index (χ1n) is 17.8. The second kappa shape index (κ2) is 14.6. The Morgan fingerprint density at radius 1 is 1.16 bits per heavy atom. The quantitative estimate of drug-likeness (QED) is 0.268. The van der Waals surface area contributed by atoms with Crippen molar-refractivity contribution in [3.63, 3.8) is 0 Å². The van der Waals surface area contributed by atoms with Gasteiger partial charge in [-0.3, -0.25) is 9.78 Å². The number of pyridine rings is 1. The summed E-state index contributed by atoms with van der Waals surface area (Å²) in [5.74, 6) is 0.593. The maximum atomic E-state index is 14.5. The molecule has 4 aliphatic rings. The number of amides is 3. The molecule has 1 spiro atoms. The van der Waals surface area contributed by atoms with Crippen molar-refractivity contribution < 1.29 is 23.3 Å². The summed E-state index contributed by atoms with van der Waals surface area (Å²) in [6.07, 6.45) is 11.4. The number of hydrogen-bond acceptors (Lipinski definition) is 7. The summed E-state index contributed by atoms with van der Waals surface area (Å²) >= 11 is 6.45. The molecule has 2 bridgehead atoms. The molecule has 51 heavy (non-hydrogen) atoms. The van der Waals surface area contributed by atoms with E-state index in [4.69, 9.17) is 21.1 Å². The molecule has 2 aliphatic heterocycles. The number of anilines is 2. The summed E-state index contributed by atoms with van der Waals surface area (Å²) in [6.45, 7) is 5.74. The van der Waals surface area contributed by atoms with E-state index in [1.165, 1.54) is 11.1 Å². The molecule has 0 saturated heterocycles. The van der Waals surface area contributed by atoms with E-state index in [0.29, 0.717) is 48.5 Å². The molecule has 0 radical (unpaired) electrons. The lowest BCUT2D eigenvalue weighted by Crippen LogP contribution is -2.49. The summed E-state index contributed by atoms with van der Waals surface area (Å²) in [5, 5.41) is 3.45. The number of ether oxygens (including phenoxy) is 2. The Morgan fingerprint density at radius 2 is 2.02 bits per heavy atom. The highest BCUT2D eigenvalue weighted by Gasteiger charge is 2.44. The Balaban J connectivity index is 1.28. The fourth-order valence-corrected chi connectivity index (χ4v) is 10.3. The van der Waals surface area contributed by atoms with Crippen LogP contribution >= 0.6 is 11.6 Å². The van der Waals surface area contributed by atoms with Crippen LogP contribution < -0.4 is 19.7 Å². The van der Waals surface area contributed by atoms with Crippen molar-refractivity contribution in [2.45, 2.75) is 63.9 Å². The molecule has 2 aliphatic carbocycles. The van der Waals surface area contributed by atoms with E-state index in [1.807, 2.05) is 32.0 Å².